The van der Waals surface area contributed by atoms with Crippen molar-refractivity contribution >= 4 is 0 Å². The zero-order chi connectivity index (χ0) is 9.68. The van der Waals surface area contributed by atoms with Gasteiger partial charge < -0.3 is 5.73 Å². The molecule has 0 aromatic carbocycles. The fourth-order valence-electron chi connectivity index (χ4n) is 2.76. The maximum atomic E-state index is 6.12. The Labute approximate surface area is 83.1 Å². The van der Waals surface area contributed by atoms with Gasteiger partial charge in [0.05, 0.1) is 0 Å². The molecule has 1 aliphatic carbocycles. The van der Waals surface area contributed by atoms with E-state index in [0.29, 0.717) is 6.04 Å². The van der Waals surface area contributed by atoms with Crippen LogP contribution in [0.15, 0.2) is 0 Å². The molecular formula is C12H25N. The molecule has 0 aliphatic heterocycles. The highest BCUT2D eigenvalue weighted by molar-refractivity contribution is 4.82. The van der Waals surface area contributed by atoms with Gasteiger partial charge in [-0.2, -0.15) is 0 Å². The van der Waals surface area contributed by atoms with Crippen LogP contribution in [0, 0.1) is 11.8 Å². The molecule has 3 atom stereocenters. The zero-order valence-electron chi connectivity index (χ0n) is 9.26. The normalized spacial score (nSPS) is 34.8. The molecule has 1 rings (SSSR count). The highest BCUT2D eigenvalue weighted by atomic mass is 14.7. The number of nitrogens with two attached hydrogens (primary N) is 1. The fraction of sp³-hybridized carbons (Fsp3) is 1.00. The fourth-order valence-corrected chi connectivity index (χ4v) is 2.76. The van der Waals surface area contributed by atoms with Gasteiger partial charge in [-0.3, -0.25) is 0 Å². The molecule has 0 spiro atoms. The Morgan fingerprint density at radius 2 is 1.77 bits per heavy atom. The molecule has 2 N–H and O–H groups in total. The van der Waals surface area contributed by atoms with Crippen LogP contribution in [0.5, 0.6) is 0 Å². The van der Waals surface area contributed by atoms with Crippen molar-refractivity contribution in [3.63, 3.8) is 0 Å². The molecule has 0 saturated heterocycles. The second-order valence-electron chi connectivity index (χ2n) is 4.68. The Balaban J connectivity index is 2.33. The van der Waals surface area contributed by atoms with Crippen LogP contribution in [-0.2, 0) is 0 Å². The van der Waals surface area contributed by atoms with E-state index in [1.54, 1.807) is 0 Å². The third-order valence-electron chi connectivity index (χ3n) is 3.51. The predicted octanol–water partition coefficient (Wildman–Crippen LogP) is 3.33. The molecule has 78 valence electrons. The minimum atomic E-state index is 0.507. The van der Waals surface area contributed by atoms with E-state index >= 15 is 0 Å². The first-order chi connectivity index (χ1) is 6.27. The van der Waals surface area contributed by atoms with E-state index in [1.807, 2.05) is 0 Å². The minimum absolute atomic E-state index is 0.507. The van der Waals surface area contributed by atoms with Crippen molar-refractivity contribution in [3.05, 3.63) is 0 Å². The van der Waals surface area contributed by atoms with Crippen LogP contribution in [0.25, 0.3) is 0 Å². The first-order valence-corrected chi connectivity index (χ1v) is 6.03. The van der Waals surface area contributed by atoms with Gasteiger partial charge in [0, 0.05) is 6.04 Å². The lowest BCUT2D eigenvalue weighted by atomic mass is 9.75. The van der Waals surface area contributed by atoms with Gasteiger partial charge in [-0.1, -0.05) is 33.1 Å². The molecule has 0 aromatic heterocycles. The molecule has 1 saturated carbocycles. The van der Waals surface area contributed by atoms with E-state index in [0.717, 1.165) is 11.8 Å². The van der Waals surface area contributed by atoms with Crippen molar-refractivity contribution in [1.29, 1.82) is 0 Å². The van der Waals surface area contributed by atoms with Gasteiger partial charge in [-0.25, -0.2) is 0 Å². The summed E-state index contributed by atoms with van der Waals surface area (Å²) in [5.74, 6) is 1.82. The highest BCUT2D eigenvalue weighted by Gasteiger charge is 2.26. The summed E-state index contributed by atoms with van der Waals surface area (Å²) < 4.78 is 0. The standard InChI is InChI=1S/C12H25N/c1-3-5-10-7-8-12(13)11(9-10)6-4-2/h10-12H,3-9,13H2,1-2H3. The summed E-state index contributed by atoms with van der Waals surface area (Å²) in [6.45, 7) is 4.57. The summed E-state index contributed by atoms with van der Waals surface area (Å²) in [6, 6.07) is 0.507. The third kappa shape index (κ3) is 3.30. The first-order valence-electron chi connectivity index (χ1n) is 6.03. The van der Waals surface area contributed by atoms with Crippen molar-refractivity contribution in [3.8, 4) is 0 Å². The van der Waals surface area contributed by atoms with Crippen LogP contribution in [0.2, 0.25) is 0 Å². The van der Waals surface area contributed by atoms with Crippen LogP contribution in [0.4, 0.5) is 0 Å². The Morgan fingerprint density at radius 1 is 1.08 bits per heavy atom. The van der Waals surface area contributed by atoms with E-state index in [9.17, 15) is 0 Å². The largest absolute Gasteiger partial charge is 0.327 e. The van der Waals surface area contributed by atoms with Gasteiger partial charge in [0.25, 0.3) is 0 Å². The van der Waals surface area contributed by atoms with Gasteiger partial charge in [0.2, 0.25) is 0 Å². The second-order valence-corrected chi connectivity index (χ2v) is 4.68. The molecule has 1 heteroatoms. The lowest BCUT2D eigenvalue weighted by Crippen LogP contribution is -2.36. The summed E-state index contributed by atoms with van der Waals surface area (Å²) in [6.07, 6.45) is 9.48. The Kier molecular flexibility index (Phi) is 4.79. The second kappa shape index (κ2) is 5.64. The average Bonchev–Trinajstić information content (AvgIpc) is 2.12. The van der Waals surface area contributed by atoms with E-state index in [1.165, 1.54) is 44.9 Å². The summed E-state index contributed by atoms with van der Waals surface area (Å²) >= 11 is 0. The summed E-state index contributed by atoms with van der Waals surface area (Å²) in [7, 11) is 0. The molecule has 0 radical (unpaired) electrons. The topological polar surface area (TPSA) is 26.0 Å². The lowest BCUT2D eigenvalue weighted by molar-refractivity contribution is 0.211. The third-order valence-corrected chi connectivity index (χ3v) is 3.51. The highest BCUT2D eigenvalue weighted by Crippen LogP contribution is 2.33. The summed E-state index contributed by atoms with van der Waals surface area (Å²) in [5, 5.41) is 0. The first kappa shape index (κ1) is 11.0. The Hall–Kier alpha value is -0.0400. The van der Waals surface area contributed by atoms with E-state index in [2.05, 4.69) is 13.8 Å². The maximum Gasteiger partial charge on any atom is 0.00673 e. The van der Waals surface area contributed by atoms with Crippen molar-refractivity contribution < 1.29 is 0 Å². The lowest BCUT2D eigenvalue weighted by Gasteiger charge is -2.34. The summed E-state index contributed by atoms with van der Waals surface area (Å²) in [5.41, 5.74) is 6.12. The average molecular weight is 183 g/mol. The Morgan fingerprint density at radius 3 is 2.38 bits per heavy atom. The molecule has 0 bridgehead atoms. The van der Waals surface area contributed by atoms with Gasteiger partial charge in [-0.15, -0.1) is 0 Å². The molecule has 1 nitrogen and oxygen atoms in total. The van der Waals surface area contributed by atoms with Crippen molar-refractivity contribution in [2.24, 2.45) is 17.6 Å². The number of hydrogen-bond acceptors (Lipinski definition) is 1. The van der Waals surface area contributed by atoms with Crippen molar-refractivity contribution in [2.75, 3.05) is 0 Å². The van der Waals surface area contributed by atoms with Crippen LogP contribution < -0.4 is 5.73 Å². The van der Waals surface area contributed by atoms with Crippen LogP contribution in [-0.4, -0.2) is 6.04 Å². The Bertz CT molecular complexity index is 133. The van der Waals surface area contributed by atoms with E-state index in [-0.39, 0.29) is 0 Å². The molecular weight excluding hydrogens is 158 g/mol. The molecule has 13 heavy (non-hydrogen) atoms. The van der Waals surface area contributed by atoms with E-state index in [4.69, 9.17) is 5.73 Å². The quantitative estimate of drug-likeness (QED) is 0.711. The van der Waals surface area contributed by atoms with E-state index < -0.39 is 0 Å². The smallest absolute Gasteiger partial charge is 0.00673 e. The predicted molar refractivity (Wildman–Crippen MR) is 58.6 cm³/mol. The SMILES string of the molecule is CCCC1CCC(N)C(CCC)C1. The minimum Gasteiger partial charge on any atom is -0.327 e. The molecule has 3 unspecified atom stereocenters. The maximum absolute atomic E-state index is 6.12. The van der Waals surface area contributed by atoms with Gasteiger partial charge in [0.1, 0.15) is 0 Å². The number of hydrogen-bond donors (Lipinski definition) is 1. The summed E-state index contributed by atoms with van der Waals surface area (Å²) in [4.78, 5) is 0. The van der Waals surface area contributed by atoms with Gasteiger partial charge >= 0.3 is 0 Å². The molecule has 1 aliphatic rings. The molecule has 0 amide bonds. The molecule has 0 heterocycles. The zero-order valence-corrected chi connectivity index (χ0v) is 9.26. The monoisotopic (exact) mass is 183 g/mol. The van der Waals surface area contributed by atoms with Gasteiger partial charge in [-0.05, 0) is 37.5 Å². The number of rotatable bonds is 4. The van der Waals surface area contributed by atoms with Crippen molar-refractivity contribution in [2.45, 2.75) is 64.8 Å². The van der Waals surface area contributed by atoms with Crippen molar-refractivity contribution in [1.82, 2.24) is 0 Å². The van der Waals surface area contributed by atoms with Crippen LogP contribution in [0.1, 0.15) is 58.8 Å². The van der Waals surface area contributed by atoms with Gasteiger partial charge in [0.15, 0.2) is 0 Å². The van der Waals surface area contributed by atoms with Crippen LogP contribution in [0.3, 0.4) is 0 Å². The molecule has 1 fully saturated rings. The van der Waals surface area contributed by atoms with Crippen LogP contribution >= 0.6 is 0 Å². The molecule has 0 aromatic rings.